The summed E-state index contributed by atoms with van der Waals surface area (Å²) in [5.74, 6) is 3.41. The predicted molar refractivity (Wildman–Crippen MR) is 150 cm³/mol. The average molecular weight is 515 g/mol. The minimum atomic E-state index is -0.329. The second-order valence-corrected chi connectivity index (χ2v) is 9.93. The summed E-state index contributed by atoms with van der Waals surface area (Å²) in [6.45, 7) is 3.00. The van der Waals surface area contributed by atoms with Gasteiger partial charge in [-0.2, -0.15) is 5.10 Å². The molecule has 3 aromatic carbocycles. The summed E-state index contributed by atoms with van der Waals surface area (Å²) in [6.07, 6.45) is 7.99. The van der Waals surface area contributed by atoms with Gasteiger partial charge in [0.25, 0.3) is 0 Å². The van der Waals surface area contributed by atoms with E-state index in [1.54, 1.807) is 14.2 Å². The highest BCUT2D eigenvalue weighted by atomic mass is 16.5. The quantitative estimate of drug-likeness (QED) is 0.232. The number of benzene rings is 3. The van der Waals surface area contributed by atoms with Crippen molar-refractivity contribution in [1.82, 2.24) is 5.01 Å². The molecule has 0 aliphatic carbocycles. The van der Waals surface area contributed by atoms with Gasteiger partial charge < -0.3 is 18.9 Å². The Labute approximate surface area is 226 Å². The fourth-order valence-corrected chi connectivity index (χ4v) is 5.17. The van der Waals surface area contributed by atoms with Crippen LogP contribution >= 0.6 is 0 Å². The molecule has 0 spiro atoms. The van der Waals surface area contributed by atoms with Crippen LogP contribution in [0, 0.1) is 0 Å². The lowest BCUT2D eigenvalue weighted by atomic mass is 9.95. The van der Waals surface area contributed by atoms with Gasteiger partial charge in [0.15, 0.2) is 0 Å². The van der Waals surface area contributed by atoms with E-state index in [2.05, 4.69) is 42.3 Å². The SMILES string of the molecule is CCCCCCCCOc1ccc([C@H]2Oc3ccc(OC)cc3[C@@H]3CC(c4ccc(OC)cc4)=NN23)cc1. The maximum atomic E-state index is 6.54. The van der Waals surface area contributed by atoms with Crippen LogP contribution in [-0.2, 0) is 0 Å². The van der Waals surface area contributed by atoms with E-state index in [0.717, 1.165) is 64.8 Å². The highest BCUT2D eigenvalue weighted by molar-refractivity contribution is 6.02. The number of fused-ring (bicyclic) bond motifs is 3. The van der Waals surface area contributed by atoms with E-state index in [0.29, 0.717) is 0 Å². The summed E-state index contributed by atoms with van der Waals surface area (Å²) < 4.78 is 23.4. The number of hydrogen-bond acceptors (Lipinski definition) is 6. The van der Waals surface area contributed by atoms with Crippen molar-refractivity contribution < 1.29 is 18.9 Å². The Balaban J connectivity index is 1.33. The molecule has 6 heteroatoms. The van der Waals surface area contributed by atoms with Gasteiger partial charge in [-0.25, -0.2) is 5.01 Å². The highest BCUT2D eigenvalue weighted by Crippen LogP contribution is 2.48. The van der Waals surface area contributed by atoms with E-state index >= 15 is 0 Å². The van der Waals surface area contributed by atoms with E-state index < -0.39 is 0 Å². The van der Waals surface area contributed by atoms with Crippen molar-refractivity contribution in [3.63, 3.8) is 0 Å². The molecule has 0 bridgehead atoms. The Morgan fingerprint density at radius 3 is 2.24 bits per heavy atom. The van der Waals surface area contributed by atoms with Gasteiger partial charge in [-0.1, -0.05) is 39.0 Å². The van der Waals surface area contributed by atoms with Gasteiger partial charge in [-0.05, 0) is 78.7 Å². The van der Waals surface area contributed by atoms with Crippen LogP contribution in [0.2, 0.25) is 0 Å². The number of nitrogens with zero attached hydrogens (tertiary/aromatic N) is 2. The Morgan fingerprint density at radius 1 is 0.816 bits per heavy atom. The van der Waals surface area contributed by atoms with Gasteiger partial charge >= 0.3 is 0 Å². The Bertz CT molecular complexity index is 1220. The maximum Gasteiger partial charge on any atom is 0.213 e. The van der Waals surface area contributed by atoms with Crippen molar-refractivity contribution in [2.45, 2.75) is 64.1 Å². The van der Waals surface area contributed by atoms with Crippen molar-refractivity contribution in [1.29, 1.82) is 0 Å². The summed E-state index contributed by atoms with van der Waals surface area (Å²) in [5.41, 5.74) is 4.25. The van der Waals surface area contributed by atoms with Gasteiger partial charge in [0, 0.05) is 17.5 Å². The summed E-state index contributed by atoms with van der Waals surface area (Å²) in [5, 5.41) is 7.16. The minimum absolute atomic E-state index is 0.0552. The zero-order valence-corrected chi connectivity index (χ0v) is 22.7. The van der Waals surface area contributed by atoms with Crippen LogP contribution in [0.15, 0.2) is 71.8 Å². The van der Waals surface area contributed by atoms with Crippen LogP contribution in [0.1, 0.15) is 80.8 Å². The van der Waals surface area contributed by atoms with Gasteiger partial charge in [0.05, 0.1) is 32.6 Å². The molecule has 5 rings (SSSR count). The second-order valence-electron chi connectivity index (χ2n) is 9.93. The fourth-order valence-electron chi connectivity index (χ4n) is 5.17. The first-order chi connectivity index (χ1) is 18.7. The van der Waals surface area contributed by atoms with E-state index in [1.165, 1.54) is 32.1 Å². The van der Waals surface area contributed by atoms with E-state index in [9.17, 15) is 0 Å². The third-order valence-corrected chi connectivity index (χ3v) is 7.35. The van der Waals surface area contributed by atoms with Crippen LogP contribution < -0.4 is 18.9 Å². The molecule has 0 saturated carbocycles. The molecule has 200 valence electrons. The summed E-state index contributed by atoms with van der Waals surface area (Å²) in [4.78, 5) is 0. The number of rotatable bonds is 12. The standard InChI is InChI=1S/C32H38N2O4/c1-4-5-6-7-8-9-20-37-26-16-12-24(13-17-26)32-34-30(28-21-27(36-3)18-19-31(28)38-32)22-29(33-34)23-10-14-25(35-2)15-11-23/h10-19,21,30,32H,4-9,20,22H2,1-3H3/t30-,32+/m0/s1. The molecule has 0 aromatic heterocycles. The Kier molecular flexibility index (Phi) is 8.37. The molecule has 3 aromatic rings. The monoisotopic (exact) mass is 514 g/mol. The van der Waals surface area contributed by atoms with Crippen LogP contribution in [0.3, 0.4) is 0 Å². The molecule has 6 nitrogen and oxygen atoms in total. The molecular weight excluding hydrogens is 476 g/mol. The molecule has 0 radical (unpaired) electrons. The first-order valence-electron chi connectivity index (χ1n) is 13.8. The topological polar surface area (TPSA) is 52.5 Å². The van der Waals surface area contributed by atoms with Gasteiger partial charge in [-0.3, -0.25) is 0 Å². The van der Waals surface area contributed by atoms with E-state index in [-0.39, 0.29) is 12.3 Å². The number of unbranched alkanes of at least 4 members (excludes halogenated alkanes) is 5. The molecular formula is C32H38N2O4. The van der Waals surface area contributed by atoms with Crippen LogP contribution in [-0.4, -0.2) is 31.5 Å². The van der Waals surface area contributed by atoms with Crippen molar-refractivity contribution >= 4 is 5.71 Å². The first-order valence-corrected chi connectivity index (χ1v) is 13.8. The fraction of sp³-hybridized carbons (Fsp3) is 0.406. The average Bonchev–Trinajstić information content (AvgIpc) is 3.42. The van der Waals surface area contributed by atoms with Crippen molar-refractivity contribution in [3.8, 4) is 23.0 Å². The summed E-state index contributed by atoms with van der Waals surface area (Å²) >= 11 is 0. The summed E-state index contributed by atoms with van der Waals surface area (Å²) in [7, 11) is 3.37. The first kappa shape index (κ1) is 26.0. The number of ether oxygens (including phenoxy) is 4. The van der Waals surface area contributed by atoms with E-state index in [1.807, 2.05) is 36.4 Å². The third-order valence-electron chi connectivity index (χ3n) is 7.35. The van der Waals surface area contributed by atoms with Crippen LogP contribution in [0.25, 0.3) is 0 Å². The number of hydrogen-bond donors (Lipinski definition) is 0. The number of methoxy groups -OCH3 is 2. The molecule has 2 aliphatic rings. The predicted octanol–water partition coefficient (Wildman–Crippen LogP) is 7.69. The molecule has 2 heterocycles. The molecule has 38 heavy (non-hydrogen) atoms. The maximum absolute atomic E-state index is 6.54. The zero-order chi connectivity index (χ0) is 26.3. The Morgan fingerprint density at radius 2 is 1.50 bits per heavy atom. The lowest BCUT2D eigenvalue weighted by molar-refractivity contribution is -0.0191. The molecule has 2 aliphatic heterocycles. The third kappa shape index (κ3) is 5.74. The smallest absolute Gasteiger partial charge is 0.213 e. The lowest BCUT2D eigenvalue weighted by Gasteiger charge is -2.38. The van der Waals surface area contributed by atoms with E-state index in [4.69, 9.17) is 24.0 Å². The number of hydrazone groups is 1. The highest BCUT2D eigenvalue weighted by Gasteiger charge is 2.41. The largest absolute Gasteiger partial charge is 0.497 e. The summed E-state index contributed by atoms with van der Waals surface area (Å²) in [6, 6.07) is 22.4. The van der Waals surface area contributed by atoms with Crippen molar-refractivity contribution in [2.75, 3.05) is 20.8 Å². The normalized spacial score (nSPS) is 17.8. The van der Waals surface area contributed by atoms with Gasteiger partial charge in [-0.15, -0.1) is 0 Å². The molecule has 0 unspecified atom stereocenters. The molecule has 0 saturated heterocycles. The van der Waals surface area contributed by atoms with Crippen molar-refractivity contribution in [3.05, 3.63) is 83.4 Å². The van der Waals surface area contributed by atoms with Crippen LogP contribution in [0.4, 0.5) is 0 Å². The lowest BCUT2D eigenvalue weighted by Crippen LogP contribution is -2.33. The Hall–Kier alpha value is -3.67. The van der Waals surface area contributed by atoms with Crippen LogP contribution in [0.5, 0.6) is 23.0 Å². The molecule has 0 fully saturated rings. The molecule has 2 atom stereocenters. The van der Waals surface area contributed by atoms with Gasteiger partial charge in [0.2, 0.25) is 6.23 Å². The molecule has 0 amide bonds. The van der Waals surface area contributed by atoms with Gasteiger partial charge in [0.1, 0.15) is 23.0 Å². The second kappa shape index (κ2) is 12.2. The molecule has 0 N–H and O–H groups in total. The van der Waals surface area contributed by atoms with Crippen molar-refractivity contribution in [2.24, 2.45) is 5.10 Å². The minimum Gasteiger partial charge on any atom is -0.497 e. The zero-order valence-electron chi connectivity index (χ0n) is 22.7.